The highest BCUT2D eigenvalue weighted by molar-refractivity contribution is 6.12. The van der Waals surface area contributed by atoms with Crippen LogP contribution in [0.5, 0.6) is 0 Å². The van der Waals surface area contributed by atoms with Crippen molar-refractivity contribution in [1.29, 1.82) is 0 Å². The number of hydrogen-bond donors (Lipinski definition) is 0. The van der Waals surface area contributed by atoms with Crippen LogP contribution in [-0.2, 0) is 0 Å². The molecule has 0 saturated heterocycles. The van der Waals surface area contributed by atoms with Crippen molar-refractivity contribution >= 4 is 43.4 Å². The Morgan fingerprint density at radius 2 is 0.889 bits per heavy atom. The number of nitrogens with zero attached hydrogens (tertiary/aromatic N) is 1. The lowest BCUT2D eigenvalue weighted by Gasteiger charge is -2.12. The molecule has 1 aromatic heterocycles. The summed E-state index contributed by atoms with van der Waals surface area (Å²) in [5, 5.41) is 7.65. The summed E-state index contributed by atoms with van der Waals surface area (Å²) in [5.41, 5.74) is 15.1. The van der Waals surface area contributed by atoms with E-state index in [0.717, 1.165) is 0 Å². The highest BCUT2D eigenvalue weighted by Gasteiger charge is 2.14. The summed E-state index contributed by atoms with van der Waals surface area (Å²) in [5.74, 6) is 0. The fourth-order valence-electron chi connectivity index (χ4n) is 7.98. The molecule has 10 rings (SSSR count). The number of aromatic nitrogens is 1. The molecule has 258 valence electrons. The van der Waals surface area contributed by atoms with E-state index in [1.54, 1.807) is 0 Å². The van der Waals surface area contributed by atoms with E-state index >= 15 is 0 Å². The SMILES string of the molecule is Cc1ccccc1.Cc1ccccc1-c1ccc(-c2ccc(-c3ccc4c(c3)c3ccccc3n4-c3ccc4c(ccc5ccccc54)c3)cc2)cc1C. The van der Waals surface area contributed by atoms with Crippen LogP contribution < -0.4 is 0 Å². The van der Waals surface area contributed by atoms with Gasteiger partial charge in [-0.3, -0.25) is 0 Å². The van der Waals surface area contributed by atoms with Gasteiger partial charge in [0.05, 0.1) is 11.0 Å². The fraction of sp³-hybridized carbons (Fsp3) is 0.0566. The van der Waals surface area contributed by atoms with Crippen LogP contribution >= 0.6 is 0 Å². The lowest BCUT2D eigenvalue weighted by atomic mass is 9.93. The monoisotopic (exact) mass is 691 g/mol. The van der Waals surface area contributed by atoms with Gasteiger partial charge in [0, 0.05) is 16.5 Å². The van der Waals surface area contributed by atoms with Crippen molar-refractivity contribution in [2.45, 2.75) is 20.8 Å². The van der Waals surface area contributed by atoms with Crippen LogP contribution in [0.1, 0.15) is 16.7 Å². The average molecular weight is 692 g/mol. The minimum absolute atomic E-state index is 1.18. The first kappa shape index (κ1) is 33.2. The van der Waals surface area contributed by atoms with Gasteiger partial charge in [0.2, 0.25) is 0 Å². The molecule has 1 heteroatoms. The van der Waals surface area contributed by atoms with Gasteiger partial charge in [-0.05, 0) is 117 Å². The Hall–Kier alpha value is -6.70. The number of aryl methyl sites for hydroxylation is 3. The van der Waals surface area contributed by atoms with Crippen LogP contribution in [0.3, 0.4) is 0 Å². The highest BCUT2D eigenvalue weighted by atomic mass is 15.0. The molecule has 0 unspecified atom stereocenters. The van der Waals surface area contributed by atoms with E-state index in [0.29, 0.717) is 0 Å². The predicted molar refractivity (Wildman–Crippen MR) is 233 cm³/mol. The summed E-state index contributed by atoms with van der Waals surface area (Å²) < 4.78 is 2.41. The van der Waals surface area contributed by atoms with Crippen molar-refractivity contribution in [1.82, 2.24) is 4.57 Å². The number of rotatable bonds is 4. The van der Waals surface area contributed by atoms with Crippen molar-refractivity contribution in [2.24, 2.45) is 0 Å². The molecule has 0 fully saturated rings. The third-order valence-corrected chi connectivity index (χ3v) is 10.8. The molecule has 9 aromatic carbocycles. The van der Waals surface area contributed by atoms with Crippen LogP contribution in [0.4, 0.5) is 0 Å². The predicted octanol–water partition coefficient (Wildman–Crippen LogP) is 14.7. The minimum Gasteiger partial charge on any atom is -0.309 e. The molecule has 0 bridgehead atoms. The van der Waals surface area contributed by atoms with Crippen LogP contribution in [0, 0.1) is 20.8 Å². The van der Waals surface area contributed by atoms with Crippen LogP contribution in [-0.4, -0.2) is 4.57 Å². The fourth-order valence-corrected chi connectivity index (χ4v) is 7.98. The summed E-state index contributed by atoms with van der Waals surface area (Å²) >= 11 is 0. The van der Waals surface area contributed by atoms with Crippen LogP contribution in [0.15, 0.2) is 194 Å². The van der Waals surface area contributed by atoms with Crippen molar-refractivity contribution < 1.29 is 0 Å². The molecule has 0 aliphatic rings. The van der Waals surface area contributed by atoms with Gasteiger partial charge in [-0.15, -0.1) is 0 Å². The van der Waals surface area contributed by atoms with E-state index in [-0.39, 0.29) is 0 Å². The zero-order chi connectivity index (χ0) is 36.6. The third-order valence-electron chi connectivity index (χ3n) is 10.8. The maximum Gasteiger partial charge on any atom is 0.0541 e. The second-order valence-corrected chi connectivity index (χ2v) is 14.4. The molecule has 0 radical (unpaired) electrons. The lowest BCUT2D eigenvalue weighted by molar-refractivity contribution is 1.19. The molecular formula is C53H41N. The number of fused-ring (bicyclic) bond motifs is 6. The maximum atomic E-state index is 2.41. The van der Waals surface area contributed by atoms with E-state index in [4.69, 9.17) is 0 Å². The van der Waals surface area contributed by atoms with E-state index in [1.807, 2.05) is 18.2 Å². The number of hydrogen-bond acceptors (Lipinski definition) is 0. The number of benzene rings is 9. The Morgan fingerprint density at radius 3 is 1.63 bits per heavy atom. The van der Waals surface area contributed by atoms with E-state index in [1.165, 1.54) is 99.1 Å². The Bertz CT molecular complexity index is 2950. The van der Waals surface area contributed by atoms with Crippen LogP contribution in [0.25, 0.3) is 82.4 Å². The Morgan fingerprint density at radius 1 is 0.315 bits per heavy atom. The normalized spacial score (nSPS) is 11.2. The smallest absolute Gasteiger partial charge is 0.0541 e. The second kappa shape index (κ2) is 14.0. The zero-order valence-electron chi connectivity index (χ0n) is 30.9. The van der Waals surface area contributed by atoms with Gasteiger partial charge < -0.3 is 4.57 Å². The van der Waals surface area contributed by atoms with Gasteiger partial charge >= 0.3 is 0 Å². The standard InChI is InChI=1S/C46H33N.C7H8/c1-30-9-3-5-11-39(30)40-24-21-35(27-31(40)2)32-15-17-33(18-16-32)36-22-26-46-44(29-36)43-13-7-8-14-45(43)47(46)38-23-25-42-37(28-38)20-19-34-10-4-6-12-41(34)42;1-7-5-3-2-4-6-7/h3-29H,1-2H3;2-6H,1H3. The topological polar surface area (TPSA) is 4.93 Å². The molecule has 0 saturated carbocycles. The molecule has 0 N–H and O–H groups in total. The molecule has 0 aliphatic carbocycles. The molecule has 0 amide bonds. The third kappa shape index (κ3) is 6.14. The highest BCUT2D eigenvalue weighted by Crippen LogP contribution is 2.37. The van der Waals surface area contributed by atoms with Gasteiger partial charge in [-0.1, -0.05) is 169 Å². The van der Waals surface area contributed by atoms with Gasteiger partial charge in [-0.25, -0.2) is 0 Å². The molecular weight excluding hydrogens is 651 g/mol. The zero-order valence-corrected chi connectivity index (χ0v) is 30.9. The minimum atomic E-state index is 1.18. The van der Waals surface area contributed by atoms with Gasteiger partial charge in [0.1, 0.15) is 0 Å². The largest absolute Gasteiger partial charge is 0.309 e. The molecule has 0 aliphatic heterocycles. The van der Waals surface area contributed by atoms with Crippen molar-refractivity contribution in [3.8, 4) is 39.1 Å². The van der Waals surface area contributed by atoms with E-state index < -0.39 is 0 Å². The summed E-state index contributed by atoms with van der Waals surface area (Å²) in [4.78, 5) is 0. The summed E-state index contributed by atoms with van der Waals surface area (Å²) in [7, 11) is 0. The van der Waals surface area contributed by atoms with Gasteiger partial charge in [0.15, 0.2) is 0 Å². The van der Waals surface area contributed by atoms with Crippen molar-refractivity contribution in [3.63, 3.8) is 0 Å². The first-order valence-corrected chi connectivity index (χ1v) is 18.8. The Labute approximate surface area is 317 Å². The average Bonchev–Trinajstić information content (AvgIpc) is 3.55. The summed E-state index contributed by atoms with van der Waals surface area (Å²) in [6, 6.07) is 70.4. The van der Waals surface area contributed by atoms with Gasteiger partial charge in [-0.2, -0.15) is 0 Å². The van der Waals surface area contributed by atoms with E-state index in [9.17, 15) is 0 Å². The summed E-state index contributed by atoms with van der Waals surface area (Å²) in [6.07, 6.45) is 0. The Balaban J connectivity index is 0.000000496. The van der Waals surface area contributed by atoms with Gasteiger partial charge in [0.25, 0.3) is 0 Å². The molecule has 0 atom stereocenters. The molecule has 54 heavy (non-hydrogen) atoms. The molecule has 0 spiro atoms. The molecule has 1 heterocycles. The lowest BCUT2D eigenvalue weighted by Crippen LogP contribution is -1.94. The number of para-hydroxylation sites is 1. The van der Waals surface area contributed by atoms with Crippen LogP contribution in [0.2, 0.25) is 0 Å². The maximum absolute atomic E-state index is 2.41. The van der Waals surface area contributed by atoms with E-state index in [2.05, 4.69) is 201 Å². The molecule has 10 aromatic rings. The Kier molecular flexibility index (Phi) is 8.61. The first-order chi connectivity index (χ1) is 26.5. The summed E-state index contributed by atoms with van der Waals surface area (Å²) in [6.45, 7) is 6.48. The second-order valence-electron chi connectivity index (χ2n) is 14.4. The first-order valence-electron chi connectivity index (χ1n) is 18.8. The quantitative estimate of drug-likeness (QED) is 0.162. The molecule has 1 nitrogen and oxygen atoms in total. The van der Waals surface area contributed by atoms with Crippen molar-refractivity contribution in [2.75, 3.05) is 0 Å². The van der Waals surface area contributed by atoms with Crippen molar-refractivity contribution in [3.05, 3.63) is 211 Å².